The van der Waals surface area contributed by atoms with Gasteiger partial charge in [-0.05, 0) is 66.9 Å². The van der Waals surface area contributed by atoms with Crippen molar-refractivity contribution >= 4 is 0 Å². The monoisotopic (exact) mass is 281 g/mol. The van der Waals surface area contributed by atoms with E-state index in [1.165, 1.54) is 25.8 Å². The van der Waals surface area contributed by atoms with E-state index in [0.29, 0.717) is 10.8 Å². The smallest absolute Gasteiger partial charge is 0.00176 e. The number of hydrogen-bond donors (Lipinski definition) is 1. The Bertz CT molecular complexity index is 279. The van der Waals surface area contributed by atoms with Gasteiger partial charge in [-0.15, -0.1) is 0 Å². The molecule has 1 saturated carbocycles. The second-order valence-electron chi connectivity index (χ2n) is 9.66. The molecule has 0 amide bonds. The van der Waals surface area contributed by atoms with Gasteiger partial charge in [0.15, 0.2) is 0 Å². The Morgan fingerprint density at radius 1 is 0.950 bits per heavy atom. The normalized spacial score (nSPS) is 28.9. The minimum atomic E-state index is 0.439. The van der Waals surface area contributed by atoms with E-state index in [9.17, 15) is 0 Å². The fourth-order valence-corrected chi connectivity index (χ4v) is 3.88. The van der Waals surface area contributed by atoms with Gasteiger partial charge < -0.3 is 5.32 Å². The van der Waals surface area contributed by atoms with Crippen molar-refractivity contribution in [1.82, 2.24) is 5.32 Å². The predicted octanol–water partition coefficient (Wildman–Crippen LogP) is 5.36. The quantitative estimate of drug-likeness (QED) is 0.732. The number of nitrogens with one attached hydrogen (secondary N) is 1. The summed E-state index contributed by atoms with van der Waals surface area (Å²) in [5, 5.41) is 3.71. The van der Waals surface area contributed by atoms with Gasteiger partial charge in [-0.3, -0.25) is 0 Å². The largest absolute Gasteiger partial charge is 0.316 e. The third kappa shape index (κ3) is 5.39. The van der Waals surface area contributed by atoms with Crippen LogP contribution in [-0.2, 0) is 0 Å². The van der Waals surface area contributed by atoms with Crippen LogP contribution in [-0.4, -0.2) is 13.1 Å². The molecule has 1 fully saturated rings. The third-order valence-electron chi connectivity index (χ3n) is 5.29. The molecule has 0 saturated heterocycles. The molecule has 20 heavy (non-hydrogen) atoms. The van der Waals surface area contributed by atoms with Gasteiger partial charge in [0, 0.05) is 0 Å². The molecule has 0 aromatic heterocycles. The van der Waals surface area contributed by atoms with E-state index in [1.54, 1.807) is 0 Å². The summed E-state index contributed by atoms with van der Waals surface area (Å²) in [6.45, 7) is 21.6. The van der Waals surface area contributed by atoms with E-state index in [0.717, 1.165) is 30.2 Å². The van der Waals surface area contributed by atoms with Crippen molar-refractivity contribution in [1.29, 1.82) is 0 Å². The summed E-state index contributed by atoms with van der Waals surface area (Å²) in [7, 11) is 0. The molecule has 120 valence electrons. The maximum atomic E-state index is 3.71. The highest BCUT2D eigenvalue weighted by atomic mass is 14.9. The van der Waals surface area contributed by atoms with Crippen LogP contribution in [0.3, 0.4) is 0 Å². The summed E-state index contributed by atoms with van der Waals surface area (Å²) in [5.74, 6) is 3.38. The molecule has 1 nitrogen and oxygen atoms in total. The van der Waals surface area contributed by atoms with Crippen LogP contribution in [0.2, 0.25) is 0 Å². The Hall–Kier alpha value is -0.0400. The van der Waals surface area contributed by atoms with Crippen LogP contribution >= 0.6 is 0 Å². The van der Waals surface area contributed by atoms with Crippen LogP contribution in [0.5, 0.6) is 0 Å². The molecule has 0 radical (unpaired) electrons. The molecule has 1 aliphatic rings. The summed E-state index contributed by atoms with van der Waals surface area (Å²) in [5.41, 5.74) is 0.911. The first-order valence-electron chi connectivity index (χ1n) is 8.72. The SMILES string of the molecule is CC(C)CNCC1CCC(C(C)(C)C)CC1C(C)(C)C. The molecule has 3 unspecified atom stereocenters. The van der Waals surface area contributed by atoms with Gasteiger partial charge in [0.25, 0.3) is 0 Å². The lowest BCUT2D eigenvalue weighted by atomic mass is 9.59. The Morgan fingerprint density at radius 2 is 1.55 bits per heavy atom. The molecule has 0 aromatic carbocycles. The molecule has 1 rings (SSSR count). The zero-order valence-electron chi connectivity index (χ0n) is 15.3. The van der Waals surface area contributed by atoms with Gasteiger partial charge in [-0.2, -0.15) is 0 Å². The van der Waals surface area contributed by atoms with Crippen molar-refractivity contribution in [2.24, 2.45) is 34.5 Å². The Balaban J connectivity index is 2.66. The average Bonchev–Trinajstić information content (AvgIpc) is 2.25. The van der Waals surface area contributed by atoms with E-state index >= 15 is 0 Å². The topological polar surface area (TPSA) is 12.0 Å². The van der Waals surface area contributed by atoms with Gasteiger partial charge in [0.1, 0.15) is 0 Å². The summed E-state index contributed by atoms with van der Waals surface area (Å²) in [6, 6.07) is 0. The first kappa shape index (κ1) is 18.0. The fourth-order valence-electron chi connectivity index (χ4n) is 3.88. The summed E-state index contributed by atoms with van der Waals surface area (Å²) in [6.07, 6.45) is 4.25. The highest BCUT2D eigenvalue weighted by Gasteiger charge is 2.40. The van der Waals surface area contributed by atoms with Crippen LogP contribution in [0.15, 0.2) is 0 Å². The van der Waals surface area contributed by atoms with Crippen LogP contribution in [0.1, 0.15) is 74.7 Å². The van der Waals surface area contributed by atoms with E-state index in [2.05, 4.69) is 60.7 Å². The van der Waals surface area contributed by atoms with Crippen LogP contribution in [0.25, 0.3) is 0 Å². The molecule has 0 spiro atoms. The molecule has 1 heteroatoms. The minimum Gasteiger partial charge on any atom is -0.316 e. The zero-order chi connectivity index (χ0) is 15.6. The summed E-state index contributed by atoms with van der Waals surface area (Å²) < 4.78 is 0. The number of hydrogen-bond acceptors (Lipinski definition) is 1. The lowest BCUT2D eigenvalue weighted by Gasteiger charge is -2.47. The van der Waals surface area contributed by atoms with E-state index in [-0.39, 0.29) is 0 Å². The molecule has 1 N–H and O–H groups in total. The predicted molar refractivity (Wildman–Crippen MR) is 90.9 cm³/mol. The molecule has 3 atom stereocenters. The zero-order valence-corrected chi connectivity index (χ0v) is 15.3. The number of rotatable bonds is 4. The lowest BCUT2D eigenvalue weighted by molar-refractivity contribution is 0.0350. The third-order valence-corrected chi connectivity index (χ3v) is 5.29. The Labute approximate surface area is 128 Å². The van der Waals surface area contributed by atoms with Crippen LogP contribution in [0.4, 0.5) is 0 Å². The Kier molecular flexibility index (Phi) is 6.14. The van der Waals surface area contributed by atoms with Crippen LogP contribution < -0.4 is 5.32 Å². The second-order valence-corrected chi connectivity index (χ2v) is 9.66. The van der Waals surface area contributed by atoms with Gasteiger partial charge in [0.2, 0.25) is 0 Å². The van der Waals surface area contributed by atoms with Gasteiger partial charge in [-0.1, -0.05) is 55.4 Å². The fraction of sp³-hybridized carbons (Fsp3) is 1.00. The molecule has 0 bridgehead atoms. The molecule has 0 heterocycles. The highest BCUT2D eigenvalue weighted by Crippen LogP contribution is 2.48. The molecular formula is C19H39N. The van der Waals surface area contributed by atoms with E-state index in [1.807, 2.05) is 0 Å². The summed E-state index contributed by atoms with van der Waals surface area (Å²) in [4.78, 5) is 0. The van der Waals surface area contributed by atoms with Crippen molar-refractivity contribution in [2.75, 3.05) is 13.1 Å². The second kappa shape index (κ2) is 6.81. The van der Waals surface area contributed by atoms with E-state index in [4.69, 9.17) is 0 Å². The maximum absolute atomic E-state index is 3.71. The first-order chi connectivity index (χ1) is 9.01. The van der Waals surface area contributed by atoms with Crippen molar-refractivity contribution in [3.05, 3.63) is 0 Å². The van der Waals surface area contributed by atoms with Crippen molar-refractivity contribution in [3.63, 3.8) is 0 Å². The highest BCUT2D eigenvalue weighted by molar-refractivity contribution is 4.91. The molecule has 1 aliphatic carbocycles. The van der Waals surface area contributed by atoms with Gasteiger partial charge >= 0.3 is 0 Å². The molecular weight excluding hydrogens is 242 g/mol. The minimum absolute atomic E-state index is 0.439. The lowest BCUT2D eigenvalue weighted by Crippen LogP contribution is -2.42. The molecule has 0 aromatic rings. The summed E-state index contributed by atoms with van der Waals surface area (Å²) >= 11 is 0. The van der Waals surface area contributed by atoms with Crippen molar-refractivity contribution < 1.29 is 0 Å². The van der Waals surface area contributed by atoms with Crippen molar-refractivity contribution in [3.8, 4) is 0 Å². The van der Waals surface area contributed by atoms with Gasteiger partial charge in [-0.25, -0.2) is 0 Å². The van der Waals surface area contributed by atoms with E-state index < -0.39 is 0 Å². The van der Waals surface area contributed by atoms with Gasteiger partial charge in [0.05, 0.1) is 0 Å². The molecule has 0 aliphatic heterocycles. The maximum Gasteiger partial charge on any atom is -0.00176 e. The average molecular weight is 282 g/mol. The Morgan fingerprint density at radius 3 is 2.00 bits per heavy atom. The standard InChI is InChI=1S/C19H39N/c1-14(2)12-20-13-15-9-10-16(18(3,4)5)11-17(15)19(6,7)8/h14-17,20H,9-13H2,1-8H3. The van der Waals surface area contributed by atoms with Crippen molar-refractivity contribution in [2.45, 2.75) is 74.7 Å². The van der Waals surface area contributed by atoms with Crippen LogP contribution in [0, 0.1) is 34.5 Å². The first-order valence-corrected chi connectivity index (χ1v) is 8.72.